The SMILES string of the molecule is CNS(=O)(=O)/C=C/c1ccc2c(ccn2Cc2ccccc2)c1. The van der Waals surface area contributed by atoms with Gasteiger partial charge in [0.1, 0.15) is 0 Å². The predicted molar refractivity (Wildman–Crippen MR) is 94.5 cm³/mol. The number of aromatic nitrogens is 1. The Morgan fingerprint density at radius 3 is 2.61 bits per heavy atom. The van der Waals surface area contributed by atoms with Gasteiger partial charge in [0.05, 0.1) is 0 Å². The molecule has 1 aromatic heterocycles. The summed E-state index contributed by atoms with van der Waals surface area (Å²) in [4.78, 5) is 0. The molecule has 0 atom stereocenters. The van der Waals surface area contributed by atoms with E-state index in [1.54, 1.807) is 6.08 Å². The second kappa shape index (κ2) is 6.40. The highest BCUT2D eigenvalue weighted by Gasteiger charge is 2.03. The summed E-state index contributed by atoms with van der Waals surface area (Å²) in [5.74, 6) is 0. The third-order valence-electron chi connectivity index (χ3n) is 3.71. The molecule has 0 radical (unpaired) electrons. The number of nitrogens with one attached hydrogen (secondary N) is 1. The molecule has 2 aromatic carbocycles. The zero-order chi connectivity index (χ0) is 16.3. The van der Waals surface area contributed by atoms with Crippen molar-refractivity contribution in [1.29, 1.82) is 0 Å². The lowest BCUT2D eigenvalue weighted by Gasteiger charge is -2.06. The molecule has 0 amide bonds. The van der Waals surface area contributed by atoms with Crippen molar-refractivity contribution in [3.05, 3.63) is 77.3 Å². The van der Waals surface area contributed by atoms with E-state index in [9.17, 15) is 8.42 Å². The van der Waals surface area contributed by atoms with Gasteiger partial charge in [0.25, 0.3) is 0 Å². The molecule has 3 rings (SSSR count). The van der Waals surface area contributed by atoms with E-state index in [4.69, 9.17) is 0 Å². The number of hydrogen-bond acceptors (Lipinski definition) is 2. The molecule has 0 bridgehead atoms. The molecule has 5 heteroatoms. The fraction of sp³-hybridized carbons (Fsp3) is 0.111. The largest absolute Gasteiger partial charge is 0.343 e. The van der Waals surface area contributed by atoms with Crippen molar-refractivity contribution in [3.8, 4) is 0 Å². The van der Waals surface area contributed by atoms with Crippen molar-refractivity contribution in [3.63, 3.8) is 0 Å². The van der Waals surface area contributed by atoms with Crippen LogP contribution in [0.4, 0.5) is 0 Å². The molecule has 0 fully saturated rings. The summed E-state index contributed by atoms with van der Waals surface area (Å²) in [6, 6.07) is 18.3. The van der Waals surface area contributed by atoms with Crippen LogP contribution < -0.4 is 4.72 Å². The van der Waals surface area contributed by atoms with Crippen LogP contribution in [0.2, 0.25) is 0 Å². The van der Waals surface area contributed by atoms with Crippen LogP contribution in [0, 0.1) is 0 Å². The maximum absolute atomic E-state index is 11.4. The number of benzene rings is 2. The van der Waals surface area contributed by atoms with Crippen LogP contribution in [0.25, 0.3) is 17.0 Å². The monoisotopic (exact) mass is 326 g/mol. The fourth-order valence-corrected chi connectivity index (χ4v) is 2.95. The molecule has 23 heavy (non-hydrogen) atoms. The van der Waals surface area contributed by atoms with E-state index in [0.29, 0.717) is 0 Å². The van der Waals surface area contributed by atoms with Gasteiger partial charge >= 0.3 is 0 Å². The zero-order valence-electron chi connectivity index (χ0n) is 12.8. The molecule has 4 nitrogen and oxygen atoms in total. The smallest absolute Gasteiger partial charge is 0.233 e. The van der Waals surface area contributed by atoms with Gasteiger partial charge < -0.3 is 4.57 Å². The van der Waals surface area contributed by atoms with Crippen LogP contribution >= 0.6 is 0 Å². The minimum Gasteiger partial charge on any atom is -0.343 e. The summed E-state index contributed by atoms with van der Waals surface area (Å²) < 4.78 is 27.3. The fourth-order valence-electron chi connectivity index (χ4n) is 2.48. The first-order chi connectivity index (χ1) is 11.1. The molecule has 118 valence electrons. The van der Waals surface area contributed by atoms with Crippen molar-refractivity contribution in [1.82, 2.24) is 9.29 Å². The number of hydrogen-bond donors (Lipinski definition) is 1. The minimum atomic E-state index is -3.34. The second-order valence-electron chi connectivity index (χ2n) is 5.30. The van der Waals surface area contributed by atoms with E-state index < -0.39 is 10.0 Å². The van der Waals surface area contributed by atoms with Gasteiger partial charge in [0.2, 0.25) is 10.0 Å². The number of fused-ring (bicyclic) bond motifs is 1. The van der Waals surface area contributed by atoms with Gasteiger partial charge in [-0.2, -0.15) is 0 Å². The average molecular weight is 326 g/mol. The number of nitrogens with zero attached hydrogens (tertiary/aromatic N) is 1. The zero-order valence-corrected chi connectivity index (χ0v) is 13.6. The van der Waals surface area contributed by atoms with Gasteiger partial charge in [-0.05, 0) is 42.4 Å². The van der Waals surface area contributed by atoms with E-state index in [1.165, 1.54) is 18.0 Å². The quantitative estimate of drug-likeness (QED) is 0.783. The lowest BCUT2D eigenvalue weighted by atomic mass is 10.1. The second-order valence-corrected chi connectivity index (χ2v) is 7.07. The van der Waals surface area contributed by atoms with Gasteiger partial charge in [-0.25, -0.2) is 13.1 Å². The molecule has 0 aliphatic rings. The lowest BCUT2D eigenvalue weighted by molar-refractivity contribution is 0.597. The van der Waals surface area contributed by atoms with E-state index in [2.05, 4.69) is 27.6 Å². The summed E-state index contributed by atoms with van der Waals surface area (Å²) >= 11 is 0. The normalized spacial score (nSPS) is 12.2. The third-order valence-corrected chi connectivity index (χ3v) is 4.78. The van der Waals surface area contributed by atoms with Crippen molar-refractivity contribution in [2.24, 2.45) is 0 Å². The van der Waals surface area contributed by atoms with Crippen LogP contribution in [0.1, 0.15) is 11.1 Å². The Hall–Kier alpha value is -2.37. The van der Waals surface area contributed by atoms with Gasteiger partial charge in [-0.15, -0.1) is 0 Å². The molecule has 0 saturated heterocycles. The molecule has 0 saturated carbocycles. The maximum atomic E-state index is 11.4. The highest BCUT2D eigenvalue weighted by atomic mass is 32.2. The summed E-state index contributed by atoms with van der Waals surface area (Å²) in [6.45, 7) is 0.813. The van der Waals surface area contributed by atoms with Crippen molar-refractivity contribution < 1.29 is 8.42 Å². The van der Waals surface area contributed by atoms with Gasteiger partial charge in [0.15, 0.2) is 0 Å². The first-order valence-electron chi connectivity index (χ1n) is 7.32. The van der Waals surface area contributed by atoms with Crippen molar-refractivity contribution in [2.45, 2.75) is 6.54 Å². The molecule has 3 aromatic rings. The standard InChI is InChI=1S/C18H18N2O2S/c1-19-23(21,22)12-10-15-7-8-18-17(13-15)9-11-20(18)14-16-5-3-2-4-6-16/h2-13,19H,14H2,1H3/b12-10+. The minimum absolute atomic E-state index is 0.813. The van der Waals surface area contributed by atoms with Gasteiger partial charge in [-0.3, -0.25) is 0 Å². The van der Waals surface area contributed by atoms with Crippen LogP contribution in [-0.4, -0.2) is 20.0 Å². The lowest BCUT2D eigenvalue weighted by Crippen LogP contribution is -2.14. The van der Waals surface area contributed by atoms with Crippen molar-refractivity contribution in [2.75, 3.05) is 7.05 Å². The molecule has 0 aliphatic carbocycles. The Morgan fingerprint density at radius 2 is 1.87 bits per heavy atom. The molecular formula is C18H18N2O2S. The summed E-state index contributed by atoms with van der Waals surface area (Å²) in [5.41, 5.74) is 3.23. The predicted octanol–water partition coefficient (Wildman–Crippen LogP) is 3.21. The first kappa shape index (κ1) is 15.5. The summed E-state index contributed by atoms with van der Waals surface area (Å²) in [5, 5.41) is 2.26. The Bertz CT molecular complexity index is 942. The average Bonchev–Trinajstić information content (AvgIpc) is 2.96. The van der Waals surface area contributed by atoms with Crippen LogP contribution in [-0.2, 0) is 16.6 Å². The highest BCUT2D eigenvalue weighted by Crippen LogP contribution is 2.20. The molecule has 1 N–H and O–H groups in total. The topological polar surface area (TPSA) is 51.1 Å². The first-order valence-corrected chi connectivity index (χ1v) is 8.86. The van der Waals surface area contributed by atoms with Crippen LogP contribution in [0.5, 0.6) is 0 Å². The Balaban J connectivity index is 1.88. The van der Waals surface area contributed by atoms with Crippen LogP contribution in [0.15, 0.2) is 66.2 Å². The van der Waals surface area contributed by atoms with Crippen molar-refractivity contribution >= 4 is 27.0 Å². The molecule has 0 unspecified atom stereocenters. The summed E-state index contributed by atoms with van der Waals surface area (Å²) in [7, 11) is -1.95. The molecule has 0 aliphatic heterocycles. The van der Waals surface area contributed by atoms with E-state index in [0.717, 1.165) is 23.0 Å². The van der Waals surface area contributed by atoms with E-state index >= 15 is 0 Å². The summed E-state index contributed by atoms with van der Waals surface area (Å²) in [6.07, 6.45) is 3.65. The third kappa shape index (κ3) is 3.70. The highest BCUT2D eigenvalue weighted by molar-refractivity contribution is 7.92. The van der Waals surface area contributed by atoms with E-state index in [1.807, 2.05) is 42.5 Å². The molecule has 0 spiro atoms. The van der Waals surface area contributed by atoms with Gasteiger partial charge in [0, 0.05) is 29.1 Å². The van der Waals surface area contributed by atoms with Gasteiger partial charge in [-0.1, -0.05) is 36.4 Å². The van der Waals surface area contributed by atoms with E-state index in [-0.39, 0.29) is 0 Å². The number of sulfonamides is 1. The maximum Gasteiger partial charge on any atom is 0.233 e. The molecular weight excluding hydrogens is 308 g/mol. The Morgan fingerprint density at radius 1 is 1.09 bits per heavy atom. The molecule has 1 heterocycles. The Kier molecular flexibility index (Phi) is 4.32. The number of rotatable bonds is 5. The Labute approximate surface area is 136 Å². The van der Waals surface area contributed by atoms with Crippen LogP contribution in [0.3, 0.4) is 0 Å².